The van der Waals surface area contributed by atoms with Gasteiger partial charge in [-0.3, -0.25) is 4.79 Å². The standard InChI is InChI=1S/C12H18N2O/c1-3-14(2)12(15)9-6-10-4-7-11(13)8-5-10/h4-5,7-8H,3,6,9,13H2,1-2H3. The van der Waals surface area contributed by atoms with E-state index in [0.29, 0.717) is 6.42 Å². The molecule has 1 rings (SSSR count). The van der Waals surface area contributed by atoms with Gasteiger partial charge in [0.2, 0.25) is 5.91 Å². The number of hydrogen-bond donors (Lipinski definition) is 1. The number of nitrogens with two attached hydrogens (primary N) is 1. The van der Waals surface area contributed by atoms with Crippen LogP contribution in [-0.2, 0) is 11.2 Å². The number of nitrogen functional groups attached to an aromatic ring is 1. The minimum atomic E-state index is 0.189. The zero-order chi connectivity index (χ0) is 11.3. The highest BCUT2D eigenvalue weighted by atomic mass is 16.2. The smallest absolute Gasteiger partial charge is 0.222 e. The van der Waals surface area contributed by atoms with E-state index in [0.717, 1.165) is 24.2 Å². The summed E-state index contributed by atoms with van der Waals surface area (Å²) in [5.74, 6) is 0.189. The highest BCUT2D eigenvalue weighted by Crippen LogP contribution is 2.08. The van der Waals surface area contributed by atoms with Crippen molar-refractivity contribution >= 4 is 11.6 Å². The fourth-order valence-electron chi connectivity index (χ4n) is 1.30. The Morgan fingerprint density at radius 1 is 1.33 bits per heavy atom. The van der Waals surface area contributed by atoms with Gasteiger partial charge in [0.05, 0.1) is 0 Å². The van der Waals surface area contributed by atoms with Gasteiger partial charge >= 0.3 is 0 Å². The molecule has 3 nitrogen and oxygen atoms in total. The molecule has 1 amide bonds. The lowest BCUT2D eigenvalue weighted by Crippen LogP contribution is -2.26. The van der Waals surface area contributed by atoms with E-state index in [1.807, 2.05) is 38.2 Å². The minimum absolute atomic E-state index is 0.189. The van der Waals surface area contributed by atoms with Crippen LogP contribution in [0.4, 0.5) is 5.69 Å². The topological polar surface area (TPSA) is 46.3 Å². The van der Waals surface area contributed by atoms with Crippen LogP contribution >= 0.6 is 0 Å². The first kappa shape index (κ1) is 11.6. The summed E-state index contributed by atoms with van der Waals surface area (Å²) < 4.78 is 0. The lowest BCUT2D eigenvalue weighted by molar-refractivity contribution is -0.129. The summed E-state index contributed by atoms with van der Waals surface area (Å²) in [6.45, 7) is 2.74. The highest BCUT2D eigenvalue weighted by molar-refractivity contribution is 5.76. The Hall–Kier alpha value is -1.51. The summed E-state index contributed by atoms with van der Waals surface area (Å²) in [5, 5.41) is 0. The van der Waals surface area contributed by atoms with Crippen LogP contribution in [0.5, 0.6) is 0 Å². The number of hydrogen-bond acceptors (Lipinski definition) is 2. The average molecular weight is 206 g/mol. The molecule has 0 spiro atoms. The normalized spacial score (nSPS) is 10.0. The fourth-order valence-corrected chi connectivity index (χ4v) is 1.30. The molecule has 0 unspecified atom stereocenters. The van der Waals surface area contributed by atoms with Crippen molar-refractivity contribution in [1.82, 2.24) is 4.90 Å². The van der Waals surface area contributed by atoms with Gasteiger partial charge in [0, 0.05) is 25.7 Å². The van der Waals surface area contributed by atoms with E-state index >= 15 is 0 Å². The van der Waals surface area contributed by atoms with Crippen molar-refractivity contribution in [2.24, 2.45) is 0 Å². The minimum Gasteiger partial charge on any atom is -0.399 e. The molecule has 82 valence electrons. The number of anilines is 1. The van der Waals surface area contributed by atoms with Gasteiger partial charge in [-0.1, -0.05) is 12.1 Å². The van der Waals surface area contributed by atoms with E-state index in [4.69, 9.17) is 5.73 Å². The summed E-state index contributed by atoms with van der Waals surface area (Å²) in [5.41, 5.74) is 7.49. The van der Waals surface area contributed by atoms with Gasteiger partial charge in [0.25, 0.3) is 0 Å². The third-order valence-electron chi connectivity index (χ3n) is 2.51. The third-order valence-corrected chi connectivity index (χ3v) is 2.51. The van der Waals surface area contributed by atoms with E-state index in [1.165, 1.54) is 0 Å². The quantitative estimate of drug-likeness (QED) is 0.762. The first-order chi connectivity index (χ1) is 7.13. The van der Waals surface area contributed by atoms with E-state index in [1.54, 1.807) is 4.90 Å². The number of carbonyl (C=O) groups is 1. The predicted molar refractivity (Wildman–Crippen MR) is 62.5 cm³/mol. The molecule has 0 aliphatic carbocycles. The van der Waals surface area contributed by atoms with Gasteiger partial charge in [-0.2, -0.15) is 0 Å². The third kappa shape index (κ3) is 3.62. The Kier molecular flexibility index (Phi) is 4.16. The highest BCUT2D eigenvalue weighted by Gasteiger charge is 2.06. The molecule has 0 heterocycles. The van der Waals surface area contributed by atoms with Crippen molar-refractivity contribution in [3.8, 4) is 0 Å². The number of nitrogens with zero attached hydrogens (tertiary/aromatic N) is 1. The molecule has 0 saturated carbocycles. The molecule has 3 heteroatoms. The maximum Gasteiger partial charge on any atom is 0.222 e. The van der Waals surface area contributed by atoms with E-state index in [-0.39, 0.29) is 5.91 Å². The van der Waals surface area contributed by atoms with E-state index < -0.39 is 0 Å². The van der Waals surface area contributed by atoms with E-state index in [9.17, 15) is 4.79 Å². The molecule has 0 aliphatic heterocycles. The van der Waals surface area contributed by atoms with Crippen LogP contribution < -0.4 is 5.73 Å². The Balaban J connectivity index is 2.43. The second-order valence-electron chi connectivity index (χ2n) is 3.65. The van der Waals surface area contributed by atoms with Crippen molar-refractivity contribution in [1.29, 1.82) is 0 Å². The number of benzene rings is 1. The maximum atomic E-state index is 11.5. The van der Waals surface area contributed by atoms with Crippen LogP contribution in [-0.4, -0.2) is 24.4 Å². The van der Waals surface area contributed by atoms with Gasteiger partial charge in [-0.15, -0.1) is 0 Å². The van der Waals surface area contributed by atoms with Crippen molar-refractivity contribution < 1.29 is 4.79 Å². The second kappa shape index (κ2) is 5.39. The maximum absolute atomic E-state index is 11.5. The van der Waals surface area contributed by atoms with Gasteiger partial charge in [0.15, 0.2) is 0 Å². The van der Waals surface area contributed by atoms with Crippen LogP contribution in [0.1, 0.15) is 18.9 Å². The number of aryl methyl sites for hydroxylation is 1. The summed E-state index contributed by atoms with van der Waals surface area (Å²) in [6.07, 6.45) is 1.34. The molecule has 1 aromatic carbocycles. The molecular weight excluding hydrogens is 188 g/mol. The number of rotatable bonds is 4. The van der Waals surface area contributed by atoms with Crippen LogP contribution in [0, 0.1) is 0 Å². The number of amides is 1. The first-order valence-electron chi connectivity index (χ1n) is 5.22. The van der Waals surface area contributed by atoms with E-state index in [2.05, 4.69) is 0 Å². The second-order valence-corrected chi connectivity index (χ2v) is 3.65. The van der Waals surface area contributed by atoms with Crippen LogP contribution in [0.3, 0.4) is 0 Å². The molecule has 0 atom stereocenters. The largest absolute Gasteiger partial charge is 0.399 e. The zero-order valence-corrected chi connectivity index (χ0v) is 9.36. The SMILES string of the molecule is CCN(C)C(=O)CCc1ccc(N)cc1. The number of carbonyl (C=O) groups excluding carboxylic acids is 1. The fraction of sp³-hybridized carbons (Fsp3) is 0.417. The molecule has 0 bridgehead atoms. The average Bonchev–Trinajstić information content (AvgIpc) is 2.26. The summed E-state index contributed by atoms with van der Waals surface area (Å²) in [7, 11) is 1.82. The summed E-state index contributed by atoms with van der Waals surface area (Å²) in [4.78, 5) is 13.2. The van der Waals surface area contributed by atoms with Crippen LogP contribution in [0.25, 0.3) is 0 Å². The van der Waals surface area contributed by atoms with Crippen LogP contribution in [0.2, 0.25) is 0 Å². The summed E-state index contributed by atoms with van der Waals surface area (Å²) >= 11 is 0. The first-order valence-corrected chi connectivity index (χ1v) is 5.22. The molecule has 2 N–H and O–H groups in total. The van der Waals surface area contributed by atoms with Crippen LogP contribution in [0.15, 0.2) is 24.3 Å². The molecule has 0 aromatic heterocycles. The molecule has 0 radical (unpaired) electrons. The van der Waals surface area contributed by atoms with Crippen molar-refractivity contribution in [3.05, 3.63) is 29.8 Å². The summed E-state index contributed by atoms with van der Waals surface area (Å²) in [6, 6.07) is 7.66. The molecule has 0 saturated heterocycles. The molecule has 0 fully saturated rings. The lowest BCUT2D eigenvalue weighted by atomic mass is 10.1. The van der Waals surface area contributed by atoms with Crippen molar-refractivity contribution in [2.75, 3.05) is 19.3 Å². The Morgan fingerprint density at radius 2 is 1.93 bits per heavy atom. The Bertz CT molecular complexity index is 319. The van der Waals surface area contributed by atoms with Gasteiger partial charge in [0.1, 0.15) is 0 Å². The van der Waals surface area contributed by atoms with Crippen molar-refractivity contribution in [2.45, 2.75) is 19.8 Å². The monoisotopic (exact) mass is 206 g/mol. The molecular formula is C12H18N2O. The predicted octanol–water partition coefficient (Wildman–Crippen LogP) is 1.68. The van der Waals surface area contributed by atoms with Gasteiger partial charge < -0.3 is 10.6 Å². The molecule has 15 heavy (non-hydrogen) atoms. The van der Waals surface area contributed by atoms with Gasteiger partial charge in [-0.05, 0) is 31.0 Å². The van der Waals surface area contributed by atoms with Crippen molar-refractivity contribution in [3.63, 3.8) is 0 Å². The Labute approximate surface area is 90.9 Å². The molecule has 0 aliphatic rings. The zero-order valence-electron chi connectivity index (χ0n) is 9.36. The van der Waals surface area contributed by atoms with Gasteiger partial charge in [-0.25, -0.2) is 0 Å². The lowest BCUT2D eigenvalue weighted by Gasteiger charge is -2.14. The Morgan fingerprint density at radius 3 is 2.47 bits per heavy atom. The molecule has 1 aromatic rings.